The van der Waals surface area contributed by atoms with E-state index < -0.39 is 10.0 Å². The summed E-state index contributed by atoms with van der Waals surface area (Å²) < 4.78 is 26.1. The Morgan fingerprint density at radius 3 is 2.50 bits per heavy atom. The van der Waals surface area contributed by atoms with Gasteiger partial charge in [0.15, 0.2) is 0 Å². The van der Waals surface area contributed by atoms with Crippen LogP contribution in [0, 0.1) is 0 Å². The number of para-hydroxylation sites is 1. The van der Waals surface area contributed by atoms with E-state index in [0.29, 0.717) is 18.8 Å². The number of likely N-dealkylation sites (N-methyl/N-ethyl adjacent to an activating group) is 1. The number of anilines is 1. The van der Waals surface area contributed by atoms with E-state index in [2.05, 4.69) is 5.32 Å². The predicted molar refractivity (Wildman–Crippen MR) is 72.1 cm³/mol. The number of sulfonamides is 1. The first-order valence-corrected chi connectivity index (χ1v) is 7.45. The van der Waals surface area contributed by atoms with Crippen LogP contribution in [0.1, 0.15) is 13.8 Å². The fourth-order valence-corrected chi connectivity index (χ4v) is 3.34. The molecule has 0 amide bonds. The van der Waals surface area contributed by atoms with Crippen molar-refractivity contribution in [3.8, 4) is 0 Å². The molecule has 0 aliphatic heterocycles. The number of rotatable bonds is 7. The molecule has 0 unspecified atom stereocenters. The normalized spacial score (nSPS) is 11.8. The minimum absolute atomic E-state index is 0.110. The number of benzene rings is 1. The molecule has 0 aliphatic carbocycles. The van der Waals surface area contributed by atoms with Crippen molar-refractivity contribution in [3.05, 3.63) is 24.3 Å². The molecular formula is C12H20N2O3S. The fourth-order valence-electron chi connectivity index (χ4n) is 1.73. The summed E-state index contributed by atoms with van der Waals surface area (Å²) in [5.74, 6) is 0. The van der Waals surface area contributed by atoms with Crippen molar-refractivity contribution >= 4 is 15.7 Å². The highest BCUT2D eigenvalue weighted by molar-refractivity contribution is 7.89. The lowest BCUT2D eigenvalue weighted by Crippen LogP contribution is -2.33. The van der Waals surface area contributed by atoms with Gasteiger partial charge in [-0.2, -0.15) is 4.31 Å². The molecule has 0 saturated carbocycles. The molecule has 102 valence electrons. The van der Waals surface area contributed by atoms with Gasteiger partial charge in [0.05, 0.1) is 12.3 Å². The third-order valence-electron chi connectivity index (χ3n) is 2.57. The maximum atomic E-state index is 12.4. The molecule has 6 heteroatoms. The Kier molecular flexibility index (Phi) is 5.58. The summed E-state index contributed by atoms with van der Waals surface area (Å²) in [5.41, 5.74) is 0.594. The van der Waals surface area contributed by atoms with Gasteiger partial charge < -0.3 is 10.4 Å². The van der Waals surface area contributed by atoms with Gasteiger partial charge in [-0.05, 0) is 19.1 Å². The SMILES string of the molecule is CCNc1ccccc1S(=O)(=O)N(CC)CCO. The molecule has 0 fully saturated rings. The average Bonchev–Trinajstić information content (AvgIpc) is 2.36. The molecule has 0 heterocycles. The van der Waals surface area contributed by atoms with Gasteiger partial charge in [0.1, 0.15) is 4.90 Å². The maximum absolute atomic E-state index is 12.4. The Morgan fingerprint density at radius 1 is 1.28 bits per heavy atom. The minimum atomic E-state index is -3.56. The van der Waals surface area contributed by atoms with Crippen molar-refractivity contribution in [2.75, 3.05) is 31.6 Å². The highest BCUT2D eigenvalue weighted by Crippen LogP contribution is 2.24. The van der Waals surface area contributed by atoms with Crippen molar-refractivity contribution in [1.82, 2.24) is 4.31 Å². The van der Waals surface area contributed by atoms with E-state index in [-0.39, 0.29) is 18.0 Å². The Bertz CT molecular complexity index is 474. The highest BCUT2D eigenvalue weighted by Gasteiger charge is 2.24. The van der Waals surface area contributed by atoms with Crippen LogP contribution in [0.4, 0.5) is 5.69 Å². The van der Waals surface area contributed by atoms with E-state index in [1.54, 1.807) is 31.2 Å². The molecule has 0 radical (unpaired) electrons. The molecule has 5 nitrogen and oxygen atoms in total. The Balaban J connectivity index is 3.18. The summed E-state index contributed by atoms with van der Waals surface area (Å²) in [7, 11) is -3.56. The molecule has 0 aromatic heterocycles. The van der Waals surface area contributed by atoms with Gasteiger partial charge in [-0.15, -0.1) is 0 Å². The van der Waals surface area contributed by atoms with Crippen molar-refractivity contribution in [3.63, 3.8) is 0 Å². The first-order chi connectivity index (χ1) is 8.57. The number of aliphatic hydroxyl groups excluding tert-OH is 1. The van der Waals surface area contributed by atoms with Crippen molar-refractivity contribution in [1.29, 1.82) is 0 Å². The van der Waals surface area contributed by atoms with Gasteiger partial charge in [0.25, 0.3) is 0 Å². The van der Waals surface area contributed by atoms with E-state index in [1.807, 2.05) is 6.92 Å². The summed E-state index contributed by atoms with van der Waals surface area (Å²) in [6.07, 6.45) is 0. The van der Waals surface area contributed by atoms with E-state index in [0.717, 1.165) is 0 Å². The second-order valence-corrected chi connectivity index (χ2v) is 5.65. The molecule has 0 saturated heterocycles. The van der Waals surface area contributed by atoms with Gasteiger partial charge in [0.2, 0.25) is 10.0 Å². The van der Waals surface area contributed by atoms with Crippen LogP contribution < -0.4 is 5.32 Å². The smallest absolute Gasteiger partial charge is 0.245 e. The molecule has 1 aromatic rings. The topological polar surface area (TPSA) is 69.6 Å². The second-order valence-electron chi connectivity index (χ2n) is 3.75. The number of hydrogen-bond donors (Lipinski definition) is 2. The first kappa shape index (κ1) is 14.9. The number of aliphatic hydroxyl groups is 1. The molecule has 0 bridgehead atoms. The van der Waals surface area contributed by atoms with Crippen LogP contribution in [0.5, 0.6) is 0 Å². The van der Waals surface area contributed by atoms with Crippen molar-refractivity contribution in [2.45, 2.75) is 18.7 Å². The molecule has 1 aromatic carbocycles. The maximum Gasteiger partial charge on any atom is 0.245 e. The van der Waals surface area contributed by atoms with Crippen LogP contribution in [-0.2, 0) is 10.0 Å². The average molecular weight is 272 g/mol. The van der Waals surface area contributed by atoms with Gasteiger partial charge in [-0.25, -0.2) is 8.42 Å². The lowest BCUT2D eigenvalue weighted by Gasteiger charge is -2.21. The monoisotopic (exact) mass is 272 g/mol. The van der Waals surface area contributed by atoms with Gasteiger partial charge in [-0.3, -0.25) is 0 Å². The lowest BCUT2D eigenvalue weighted by molar-refractivity contribution is 0.257. The van der Waals surface area contributed by atoms with Crippen molar-refractivity contribution in [2.24, 2.45) is 0 Å². The van der Waals surface area contributed by atoms with Gasteiger partial charge >= 0.3 is 0 Å². The number of nitrogens with one attached hydrogen (secondary N) is 1. The van der Waals surface area contributed by atoms with E-state index >= 15 is 0 Å². The summed E-state index contributed by atoms with van der Waals surface area (Å²) in [6.45, 7) is 4.58. The van der Waals surface area contributed by atoms with E-state index in [1.165, 1.54) is 4.31 Å². The summed E-state index contributed by atoms with van der Waals surface area (Å²) in [4.78, 5) is 0.252. The molecule has 1 rings (SSSR count). The van der Waals surface area contributed by atoms with Gasteiger partial charge in [0, 0.05) is 19.6 Å². The van der Waals surface area contributed by atoms with Crippen LogP contribution in [0.15, 0.2) is 29.2 Å². The molecule has 0 spiro atoms. The fraction of sp³-hybridized carbons (Fsp3) is 0.500. The van der Waals surface area contributed by atoms with Crippen LogP contribution in [0.25, 0.3) is 0 Å². The first-order valence-electron chi connectivity index (χ1n) is 6.01. The predicted octanol–water partition coefficient (Wildman–Crippen LogP) is 1.12. The minimum Gasteiger partial charge on any atom is -0.395 e. The lowest BCUT2D eigenvalue weighted by atomic mass is 10.3. The summed E-state index contributed by atoms with van der Waals surface area (Å²) in [5, 5.41) is 12.0. The third kappa shape index (κ3) is 3.22. The largest absolute Gasteiger partial charge is 0.395 e. The zero-order chi connectivity index (χ0) is 13.6. The number of nitrogens with zero attached hydrogens (tertiary/aromatic N) is 1. The van der Waals surface area contributed by atoms with Crippen LogP contribution >= 0.6 is 0 Å². The number of hydrogen-bond acceptors (Lipinski definition) is 4. The zero-order valence-corrected chi connectivity index (χ0v) is 11.6. The zero-order valence-electron chi connectivity index (χ0n) is 10.8. The van der Waals surface area contributed by atoms with Gasteiger partial charge in [-0.1, -0.05) is 19.1 Å². The molecule has 2 N–H and O–H groups in total. The standard InChI is InChI=1S/C12H20N2O3S/c1-3-13-11-7-5-6-8-12(11)18(16,17)14(4-2)9-10-15/h5-8,13,15H,3-4,9-10H2,1-2H3. The van der Waals surface area contributed by atoms with Crippen molar-refractivity contribution < 1.29 is 13.5 Å². The van der Waals surface area contributed by atoms with Crippen LogP contribution in [-0.4, -0.2) is 44.1 Å². The summed E-state index contributed by atoms with van der Waals surface area (Å²) in [6, 6.07) is 6.80. The third-order valence-corrected chi connectivity index (χ3v) is 4.61. The Labute approximate surface area is 108 Å². The summed E-state index contributed by atoms with van der Waals surface area (Å²) >= 11 is 0. The Hall–Kier alpha value is -1.11. The quantitative estimate of drug-likeness (QED) is 0.780. The second kappa shape index (κ2) is 6.72. The Morgan fingerprint density at radius 2 is 1.94 bits per heavy atom. The van der Waals surface area contributed by atoms with E-state index in [4.69, 9.17) is 5.11 Å². The molecule has 0 aliphatic rings. The van der Waals surface area contributed by atoms with E-state index in [9.17, 15) is 8.42 Å². The molecule has 0 atom stereocenters. The van der Waals surface area contributed by atoms with Crippen LogP contribution in [0.3, 0.4) is 0 Å². The molecular weight excluding hydrogens is 252 g/mol. The molecule has 18 heavy (non-hydrogen) atoms. The highest BCUT2D eigenvalue weighted by atomic mass is 32.2. The van der Waals surface area contributed by atoms with Crippen LogP contribution in [0.2, 0.25) is 0 Å².